The Morgan fingerprint density at radius 1 is 1.20 bits per heavy atom. The van der Waals surface area contributed by atoms with E-state index in [0.29, 0.717) is 11.3 Å². The summed E-state index contributed by atoms with van der Waals surface area (Å²) in [5.41, 5.74) is 7.73. The summed E-state index contributed by atoms with van der Waals surface area (Å²) in [4.78, 5) is 28.2. The molecule has 1 saturated heterocycles. The number of hydrogen-bond acceptors (Lipinski definition) is 5. The zero-order chi connectivity index (χ0) is 21.5. The van der Waals surface area contributed by atoms with Crippen molar-refractivity contribution in [3.63, 3.8) is 0 Å². The molecule has 0 bridgehead atoms. The number of ether oxygens (including phenoxy) is 1. The maximum Gasteiger partial charge on any atom is 0.239 e. The van der Waals surface area contributed by atoms with Gasteiger partial charge in [0.05, 0.1) is 19.8 Å². The molecule has 0 aromatic heterocycles. The third kappa shape index (κ3) is 6.09. The van der Waals surface area contributed by atoms with Gasteiger partial charge in [-0.05, 0) is 42.4 Å². The number of benzene rings is 2. The molecule has 2 amide bonds. The van der Waals surface area contributed by atoms with Gasteiger partial charge in [-0.2, -0.15) is 0 Å². The van der Waals surface area contributed by atoms with Crippen molar-refractivity contribution >= 4 is 17.5 Å². The molecule has 1 atom stereocenters. The number of amides is 2. The van der Waals surface area contributed by atoms with E-state index in [1.165, 1.54) is 23.1 Å². The van der Waals surface area contributed by atoms with Crippen molar-refractivity contribution in [1.82, 2.24) is 9.80 Å². The van der Waals surface area contributed by atoms with Gasteiger partial charge in [0, 0.05) is 25.3 Å². The second kappa shape index (κ2) is 10.3. The van der Waals surface area contributed by atoms with Crippen LogP contribution >= 0.6 is 0 Å². The van der Waals surface area contributed by atoms with Crippen LogP contribution in [0.5, 0.6) is 0 Å². The Hall–Kier alpha value is -2.81. The van der Waals surface area contributed by atoms with E-state index in [4.69, 9.17) is 10.5 Å². The summed E-state index contributed by atoms with van der Waals surface area (Å²) in [6.45, 7) is 4.11. The Morgan fingerprint density at radius 2 is 1.90 bits per heavy atom. The molecule has 1 unspecified atom stereocenters. The quantitative estimate of drug-likeness (QED) is 0.687. The average molecular weight is 414 g/mol. The van der Waals surface area contributed by atoms with Crippen molar-refractivity contribution in [2.75, 3.05) is 45.2 Å². The van der Waals surface area contributed by atoms with E-state index in [-0.39, 0.29) is 12.5 Å². The molecule has 1 heterocycles. The average Bonchev–Trinajstić information content (AvgIpc) is 2.70. The highest BCUT2D eigenvalue weighted by Crippen LogP contribution is 2.20. The Labute approximate surface area is 175 Å². The van der Waals surface area contributed by atoms with E-state index in [0.717, 1.165) is 38.4 Å². The van der Waals surface area contributed by atoms with E-state index in [9.17, 15) is 14.0 Å². The van der Waals surface area contributed by atoms with Crippen LogP contribution in [0, 0.1) is 5.82 Å². The molecule has 0 radical (unpaired) electrons. The molecule has 0 saturated carbocycles. The highest BCUT2D eigenvalue weighted by atomic mass is 19.1. The lowest BCUT2D eigenvalue weighted by atomic mass is 10.0. The summed E-state index contributed by atoms with van der Waals surface area (Å²) in [6, 6.07) is 12.4. The van der Waals surface area contributed by atoms with Gasteiger partial charge in [0.2, 0.25) is 11.8 Å². The second-order valence-corrected chi connectivity index (χ2v) is 7.41. The number of likely N-dealkylation sites (N-methyl/N-ethyl adjacent to an activating group) is 1. The topological polar surface area (TPSA) is 87.9 Å². The van der Waals surface area contributed by atoms with Crippen molar-refractivity contribution in [2.45, 2.75) is 12.6 Å². The summed E-state index contributed by atoms with van der Waals surface area (Å²) < 4.78 is 18.9. The second-order valence-electron chi connectivity index (χ2n) is 7.41. The van der Waals surface area contributed by atoms with Crippen LogP contribution in [0.3, 0.4) is 0 Å². The number of halogens is 1. The van der Waals surface area contributed by atoms with E-state index >= 15 is 0 Å². The summed E-state index contributed by atoms with van der Waals surface area (Å²) in [5.74, 6) is -1.40. The first kappa shape index (κ1) is 21.9. The van der Waals surface area contributed by atoms with Crippen molar-refractivity contribution < 1.29 is 18.7 Å². The van der Waals surface area contributed by atoms with Crippen LogP contribution in [0.25, 0.3) is 0 Å². The molecule has 8 heteroatoms. The van der Waals surface area contributed by atoms with Crippen LogP contribution in [0.4, 0.5) is 10.1 Å². The van der Waals surface area contributed by atoms with Crippen LogP contribution in [-0.2, 0) is 20.9 Å². The first-order valence-corrected chi connectivity index (χ1v) is 9.86. The van der Waals surface area contributed by atoms with Crippen molar-refractivity contribution in [3.8, 4) is 0 Å². The van der Waals surface area contributed by atoms with Gasteiger partial charge in [0.15, 0.2) is 0 Å². The van der Waals surface area contributed by atoms with Gasteiger partial charge in [-0.3, -0.25) is 19.4 Å². The van der Waals surface area contributed by atoms with Crippen LogP contribution in [0.2, 0.25) is 0 Å². The summed E-state index contributed by atoms with van der Waals surface area (Å²) in [7, 11) is 1.60. The lowest BCUT2D eigenvalue weighted by molar-refractivity contribution is -0.124. The van der Waals surface area contributed by atoms with Crippen molar-refractivity contribution in [3.05, 3.63) is 65.5 Å². The highest BCUT2D eigenvalue weighted by Gasteiger charge is 2.25. The Balaban J connectivity index is 1.56. The number of hydrogen-bond donors (Lipinski definition) is 2. The van der Waals surface area contributed by atoms with Crippen LogP contribution in [-0.4, -0.2) is 61.5 Å². The number of anilines is 1. The molecular weight excluding hydrogens is 387 g/mol. The maximum atomic E-state index is 13.5. The number of rotatable bonds is 8. The molecule has 1 fully saturated rings. The number of carbonyl (C=O) groups is 2. The zero-order valence-electron chi connectivity index (χ0n) is 17.0. The van der Waals surface area contributed by atoms with Crippen LogP contribution in [0.15, 0.2) is 48.5 Å². The smallest absolute Gasteiger partial charge is 0.239 e. The monoisotopic (exact) mass is 414 g/mol. The van der Waals surface area contributed by atoms with E-state index < -0.39 is 17.8 Å². The van der Waals surface area contributed by atoms with E-state index in [2.05, 4.69) is 10.2 Å². The van der Waals surface area contributed by atoms with Gasteiger partial charge in [0.25, 0.3) is 0 Å². The SMILES string of the molecule is CN(CC(=O)Nc1ccc(CN2CCOCC2)cc1)C(C(N)=O)c1cccc(F)c1. The molecular formula is C22H27FN4O3. The molecule has 160 valence electrons. The molecule has 0 aliphatic carbocycles. The summed E-state index contributed by atoms with van der Waals surface area (Å²) in [6.07, 6.45) is 0. The van der Waals surface area contributed by atoms with Gasteiger partial charge in [-0.25, -0.2) is 4.39 Å². The third-order valence-electron chi connectivity index (χ3n) is 5.02. The van der Waals surface area contributed by atoms with Crippen molar-refractivity contribution in [2.24, 2.45) is 5.73 Å². The number of nitrogens with zero attached hydrogens (tertiary/aromatic N) is 2. The van der Waals surface area contributed by atoms with Gasteiger partial charge in [0.1, 0.15) is 11.9 Å². The minimum atomic E-state index is -0.901. The standard InChI is InChI=1S/C22H27FN4O3/c1-26(21(22(24)29)17-3-2-4-18(23)13-17)15-20(28)25-19-7-5-16(6-8-19)14-27-9-11-30-12-10-27/h2-8,13,21H,9-12,14-15H2,1H3,(H2,24,29)(H,25,28). The third-order valence-corrected chi connectivity index (χ3v) is 5.02. The van der Waals surface area contributed by atoms with E-state index in [1.54, 1.807) is 13.1 Å². The molecule has 30 heavy (non-hydrogen) atoms. The number of nitrogens with one attached hydrogen (secondary N) is 1. The predicted octanol–water partition coefficient (Wildman–Crippen LogP) is 1.75. The van der Waals surface area contributed by atoms with Crippen LogP contribution in [0.1, 0.15) is 17.2 Å². The van der Waals surface area contributed by atoms with Gasteiger partial charge in [-0.15, -0.1) is 0 Å². The van der Waals surface area contributed by atoms with Crippen LogP contribution < -0.4 is 11.1 Å². The number of nitrogens with two attached hydrogens (primary N) is 1. The number of morpholine rings is 1. The first-order chi connectivity index (χ1) is 14.4. The molecule has 3 rings (SSSR count). The first-order valence-electron chi connectivity index (χ1n) is 9.86. The fraction of sp³-hybridized carbons (Fsp3) is 0.364. The molecule has 3 N–H and O–H groups in total. The fourth-order valence-electron chi connectivity index (χ4n) is 3.54. The largest absolute Gasteiger partial charge is 0.379 e. The molecule has 1 aliphatic rings. The van der Waals surface area contributed by atoms with Gasteiger partial charge in [-0.1, -0.05) is 24.3 Å². The summed E-state index contributed by atoms with van der Waals surface area (Å²) in [5, 5.41) is 2.82. The Bertz CT molecular complexity index is 869. The summed E-state index contributed by atoms with van der Waals surface area (Å²) >= 11 is 0. The maximum absolute atomic E-state index is 13.5. The van der Waals surface area contributed by atoms with E-state index in [1.807, 2.05) is 24.3 Å². The molecule has 0 spiro atoms. The lowest BCUT2D eigenvalue weighted by Crippen LogP contribution is -2.39. The normalized spacial score (nSPS) is 15.7. The van der Waals surface area contributed by atoms with Crippen molar-refractivity contribution in [1.29, 1.82) is 0 Å². The minimum Gasteiger partial charge on any atom is -0.379 e. The van der Waals surface area contributed by atoms with Gasteiger partial charge < -0.3 is 15.8 Å². The predicted molar refractivity (Wildman–Crippen MR) is 112 cm³/mol. The molecule has 2 aromatic carbocycles. The number of carbonyl (C=O) groups excluding carboxylic acids is 2. The molecule has 2 aromatic rings. The molecule has 1 aliphatic heterocycles. The lowest BCUT2D eigenvalue weighted by Gasteiger charge is -2.26. The highest BCUT2D eigenvalue weighted by molar-refractivity contribution is 5.92. The zero-order valence-corrected chi connectivity index (χ0v) is 17.0. The Kier molecular flexibility index (Phi) is 7.51. The number of primary amides is 1. The minimum absolute atomic E-state index is 0.0698. The van der Waals surface area contributed by atoms with Gasteiger partial charge >= 0.3 is 0 Å². The fourth-order valence-corrected chi connectivity index (χ4v) is 3.54. The molecule has 7 nitrogen and oxygen atoms in total. The Morgan fingerprint density at radius 3 is 2.53 bits per heavy atom.